The number of hydrogen-bond acceptors (Lipinski definition) is 12. The van der Waals surface area contributed by atoms with E-state index in [-0.39, 0.29) is 133 Å². The van der Waals surface area contributed by atoms with Gasteiger partial charge in [-0.25, -0.2) is 0 Å². The molecule has 3 aromatic rings. The molecule has 25 heteroatoms. The molecule has 0 aliphatic carbocycles. The van der Waals surface area contributed by atoms with Gasteiger partial charge in [-0.2, -0.15) is 0 Å². The Kier molecular flexibility index (Phi) is 27.4. The summed E-state index contributed by atoms with van der Waals surface area (Å²) in [4.78, 5) is 135. The van der Waals surface area contributed by atoms with Crippen molar-refractivity contribution < 1.29 is 48.3 Å². The molecule has 81 heavy (non-hydrogen) atoms. The second-order valence-corrected chi connectivity index (χ2v) is 20.3. The van der Waals surface area contributed by atoms with Crippen LogP contribution in [0.1, 0.15) is 94.7 Å². The van der Waals surface area contributed by atoms with Gasteiger partial charge in [0.2, 0.25) is 53.2 Å². The van der Waals surface area contributed by atoms with Crippen molar-refractivity contribution in [3.05, 3.63) is 102 Å². The Hall–Kier alpha value is -8.77. The Bertz CT molecular complexity index is 2610. The lowest BCUT2D eigenvalue weighted by Gasteiger charge is -2.30. The van der Waals surface area contributed by atoms with Crippen LogP contribution in [0, 0.1) is 5.92 Å². The van der Waals surface area contributed by atoms with Crippen molar-refractivity contribution in [3.8, 4) is 5.75 Å². The maximum atomic E-state index is 15.2. The van der Waals surface area contributed by atoms with Gasteiger partial charge in [-0.1, -0.05) is 86.6 Å². The molecule has 0 bridgehead atoms. The molecule has 1 aliphatic rings. The lowest BCUT2D eigenvalue weighted by molar-refractivity contribution is -0.140. The molecule has 0 radical (unpaired) electrons. The molecule has 0 aromatic heterocycles. The van der Waals surface area contributed by atoms with Crippen LogP contribution < -0.4 is 65.9 Å². The summed E-state index contributed by atoms with van der Waals surface area (Å²) in [6.45, 7) is 3.39. The molecule has 9 amide bonds. The molecule has 1 heterocycles. The summed E-state index contributed by atoms with van der Waals surface area (Å²) in [5.41, 5.74) is 29.5. The highest BCUT2D eigenvalue weighted by Crippen LogP contribution is 2.15. The molecule has 440 valence electrons. The Morgan fingerprint density at radius 3 is 1.69 bits per heavy atom. The lowest BCUT2D eigenvalue weighted by atomic mass is 10.00. The quantitative estimate of drug-likeness (QED) is 0.0322. The van der Waals surface area contributed by atoms with E-state index in [1.807, 2.05) is 13.8 Å². The summed E-state index contributed by atoms with van der Waals surface area (Å²) in [6, 6.07) is 15.8. The second kappa shape index (κ2) is 34.3. The molecule has 25 nitrogen and oxygen atoms in total. The molecule has 0 unspecified atom stereocenters. The predicted molar refractivity (Wildman–Crippen MR) is 305 cm³/mol. The van der Waals surface area contributed by atoms with Crippen molar-refractivity contribution in [1.29, 1.82) is 0 Å². The number of nitrogens with two attached hydrogens (primary N) is 5. The summed E-state index contributed by atoms with van der Waals surface area (Å²) in [6.07, 6.45) is 0.936. The van der Waals surface area contributed by atoms with Crippen LogP contribution >= 0.6 is 0 Å². The molecule has 1 aliphatic heterocycles. The fraction of sp³-hybridized carbons (Fsp3) is 0.482. The molecule has 6 atom stereocenters. The smallest absolute Gasteiger partial charge is 0.245 e. The fourth-order valence-electron chi connectivity index (χ4n) is 8.86. The minimum Gasteiger partial charge on any atom is -0.508 e. The first kappa shape index (κ1) is 64.8. The fourth-order valence-corrected chi connectivity index (χ4v) is 8.86. The summed E-state index contributed by atoms with van der Waals surface area (Å²) in [5.74, 6) is -6.64. The summed E-state index contributed by atoms with van der Waals surface area (Å²) >= 11 is 0. The molecular formula is C56H81N15O10. The van der Waals surface area contributed by atoms with Crippen LogP contribution in [-0.2, 0) is 62.4 Å². The molecular weight excluding hydrogens is 1040 g/mol. The van der Waals surface area contributed by atoms with E-state index >= 15 is 4.79 Å². The highest BCUT2D eigenvalue weighted by molar-refractivity contribution is 5.97. The van der Waals surface area contributed by atoms with E-state index in [9.17, 15) is 43.5 Å². The number of primary amides is 1. The van der Waals surface area contributed by atoms with Crippen LogP contribution in [0.5, 0.6) is 5.75 Å². The standard InChI is InChI=1S/C56H81N15O10/c1-35(2)30-42(49(57)76)67-50(77)41(19-13-28-64-56(60)61)66-48(75)34-71-29-10-9-26-62-46(73)20-11-21-47(74)65-40(18-12-27-63-55(58)59)51(78)68-44(32-38-22-24-39(72)25-23-38)52(79)69-43(31-36-14-5-3-6-15-36)53(80)70-45(54(71)81)33-37-16-7-4-8-17-37/h3-8,14-17,22-25,35,40-45,72H,9-13,18-21,26-34H2,1-2H3,(H2,57,76)(H,62,73)(H,65,74)(H,66,75)(H,67,77)(H,68,78)(H,69,79)(H,70,80)(H4,58,59,63)(H4,60,61,64)/t40-,41-,42-,43-,44-,45+/m0/s1. The SMILES string of the molecule is CC(C)C[C@H](NC(=O)[C@H](CCCN=C(N)N)NC(=O)CN1CCCCNC(=O)CCCC(=O)N[C@@H](CCCN=C(N)N)C(=O)N[C@@H](Cc2ccc(O)cc2)C(=O)N[C@@H](Cc2ccccc2)C(=O)N[C@H](Cc2ccccc2)C1=O)C(N)=O. The van der Waals surface area contributed by atoms with E-state index in [0.717, 1.165) is 0 Å². The average Bonchev–Trinajstić information content (AvgIpc) is 3.43. The van der Waals surface area contributed by atoms with E-state index in [1.54, 1.807) is 72.8 Å². The zero-order valence-corrected chi connectivity index (χ0v) is 46.2. The third-order valence-electron chi connectivity index (χ3n) is 13.0. The highest BCUT2D eigenvalue weighted by atomic mass is 16.3. The third kappa shape index (κ3) is 24.8. The number of carbonyl (C=O) groups excluding carboxylic acids is 9. The van der Waals surface area contributed by atoms with Crippen LogP contribution in [0.3, 0.4) is 0 Å². The lowest BCUT2D eigenvalue weighted by Crippen LogP contribution is -2.60. The number of hydrogen-bond donors (Lipinski definition) is 13. The summed E-state index contributed by atoms with van der Waals surface area (Å²) in [5, 5.41) is 29.4. The Balaban J connectivity index is 1.78. The largest absolute Gasteiger partial charge is 0.508 e. The molecule has 0 spiro atoms. The molecule has 0 saturated carbocycles. The number of guanidine groups is 2. The summed E-state index contributed by atoms with van der Waals surface area (Å²) in [7, 11) is 0. The third-order valence-corrected chi connectivity index (χ3v) is 13.0. The molecule has 1 saturated heterocycles. The number of benzene rings is 3. The zero-order valence-electron chi connectivity index (χ0n) is 46.2. The highest BCUT2D eigenvalue weighted by Gasteiger charge is 2.35. The second-order valence-electron chi connectivity index (χ2n) is 20.3. The monoisotopic (exact) mass is 1120 g/mol. The van der Waals surface area contributed by atoms with Gasteiger partial charge >= 0.3 is 0 Å². The number of phenolic OH excluding ortho intramolecular Hbond substituents is 1. The van der Waals surface area contributed by atoms with Crippen molar-refractivity contribution in [2.24, 2.45) is 44.6 Å². The van der Waals surface area contributed by atoms with Gasteiger partial charge in [-0.3, -0.25) is 53.1 Å². The maximum Gasteiger partial charge on any atom is 0.245 e. The predicted octanol–water partition coefficient (Wildman–Crippen LogP) is -1.12. The van der Waals surface area contributed by atoms with E-state index < -0.39 is 90.1 Å². The van der Waals surface area contributed by atoms with Crippen molar-refractivity contribution >= 4 is 65.1 Å². The first-order chi connectivity index (χ1) is 38.7. The van der Waals surface area contributed by atoms with Gasteiger partial charge in [0.1, 0.15) is 42.0 Å². The molecule has 3 aromatic carbocycles. The number of nitrogens with one attached hydrogen (secondary N) is 7. The van der Waals surface area contributed by atoms with Crippen molar-refractivity contribution in [1.82, 2.24) is 42.1 Å². The zero-order chi connectivity index (χ0) is 59.3. The van der Waals surface area contributed by atoms with Gasteiger partial charge < -0.3 is 75.9 Å². The van der Waals surface area contributed by atoms with Crippen molar-refractivity contribution in [2.45, 2.75) is 134 Å². The maximum absolute atomic E-state index is 15.2. The van der Waals surface area contributed by atoms with E-state index in [2.05, 4.69) is 47.2 Å². The van der Waals surface area contributed by atoms with Gasteiger partial charge in [0.05, 0.1) is 6.54 Å². The molecule has 1 fully saturated rings. The number of rotatable bonds is 22. The van der Waals surface area contributed by atoms with Crippen LogP contribution in [0.25, 0.3) is 0 Å². The van der Waals surface area contributed by atoms with E-state index in [0.29, 0.717) is 23.1 Å². The van der Waals surface area contributed by atoms with Crippen LogP contribution in [-0.4, -0.2) is 144 Å². The first-order valence-corrected chi connectivity index (χ1v) is 27.3. The van der Waals surface area contributed by atoms with Crippen molar-refractivity contribution in [2.75, 3.05) is 32.7 Å². The minimum atomic E-state index is -1.39. The molecule has 18 N–H and O–H groups in total. The Morgan fingerprint density at radius 2 is 1.14 bits per heavy atom. The number of aromatic hydroxyl groups is 1. The average molecular weight is 1120 g/mol. The Labute approximate surface area is 472 Å². The van der Waals surface area contributed by atoms with Gasteiger partial charge in [0.15, 0.2) is 11.9 Å². The minimum absolute atomic E-state index is 0.0157. The number of carbonyl (C=O) groups is 9. The number of nitrogens with zero attached hydrogens (tertiary/aromatic N) is 3. The normalized spacial score (nSPS) is 19.0. The van der Waals surface area contributed by atoms with Gasteiger partial charge in [-0.05, 0) is 86.1 Å². The van der Waals surface area contributed by atoms with E-state index in [1.165, 1.54) is 17.0 Å². The first-order valence-electron chi connectivity index (χ1n) is 27.3. The van der Waals surface area contributed by atoms with Gasteiger partial charge in [0.25, 0.3) is 0 Å². The Morgan fingerprint density at radius 1 is 0.617 bits per heavy atom. The van der Waals surface area contributed by atoms with Crippen LogP contribution in [0.2, 0.25) is 0 Å². The molecule has 4 rings (SSSR count). The number of aliphatic imine (C=N–C) groups is 2. The number of amides is 9. The van der Waals surface area contributed by atoms with Crippen LogP contribution in [0.15, 0.2) is 94.9 Å². The summed E-state index contributed by atoms with van der Waals surface area (Å²) < 4.78 is 0. The van der Waals surface area contributed by atoms with Gasteiger partial charge in [0, 0.05) is 58.3 Å². The van der Waals surface area contributed by atoms with Gasteiger partial charge in [-0.15, -0.1) is 0 Å². The van der Waals surface area contributed by atoms with E-state index in [4.69, 9.17) is 28.7 Å². The topological polar surface area (TPSA) is 416 Å². The van der Waals surface area contributed by atoms with Crippen LogP contribution in [0.4, 0.5) is 0 Å². The van der Waals surface area contributed by atoms with Crippen molar-refractivity contribution in [3.63, 3.8) is 0 Å². The number of phenols is 1.